The van der Waals surface area contributed by atoms with Gasteiger partial charge in [-0.1, -0.05) is 83.3 Å². The molecule has 3 rings (SSSR count). The van der Waals surface area contributed by atoms with Gasteiger partial charge in [-0.2, -0.15) is 0 Å². The summed E-state index contributed by atoms with van der Waals surface area (Å²) in [6.45, 7) is 2.59. The maximum Gasteiger partial charge on any atom is 0.243 e. The van der Waals surface area contributed by atoms with Crippen LogP contribution in [-0.4, -0.2) is 29.3 Å². The summed E-state index contributed by atoms with van der Waals surface area (Å²) in [6, 6.07) is 21.3. The van der Waals surface area contributed by atoms with Crippen LogP contribution < -0.4 is 5.32 Å². The van der Waals surface area contributed by atoms with E-state index in [4.69, 9.17) is 34.8 Å². The molecule has 0 bridgehead atoms. The second kappa shape index (κ2) is 12.1. The Morgan fingerprint density at radius 2 is 1.55 bits per heavy atom. The smallest absolute Gasteiger partial charge is 0.243 e. The minimum atomic E-state index is -0.693. The van der Waals surface area contributed by atoms with Gasteiger partial charge in [0.1, 0.15) is 6.04 Å². The van der Waals surface area contributed by atoms with Crippen LogP contribution in [-0.2, 0) is 29.0 Å². The lowest BCUT2D eigenvalue weighted by Crippen LogP contribution is -2.51. The molecule has 0 fully saturated rings. The molecule has 0 saturated heterocycles. The summed E-state index contributed by atoms with van der Waals surface area (Å²) >= 11 is 18.4. The van der Waals surface area contributed by atoms with Crippen molar-refractivity contribution in [2.45, 2.75) is 32.4 Å². The van der Waals surface area contributed by atoms with Crippen LogP contribution in [0.1, 0.15) is 23.6 Å². The van der Waals surface area contributed by atoms with E-state index in [-0.39, 0.29) is 24.8 Å². The number of rotatable bonds is 9. The molecule has 0 saturated carbocycles. The number of benzene rings is 3. The van der Waals surface area contributed by atoms with Crippen LogP contribution in [0.2, 0.25) is 15.1 Å². The number of carbonyl (C=O) groups excluding carboxylic acids is 2. The van der Waals surface area contributed by atoms with Crippen molar-refractivity contribution < 1.29 is 9.59 Å². The summed E-state index contributed by atoms with van der Waals surface area (Å²) in [5.41, 5.74) is 2.49. The van der Waals surface area contributed by atoms with E-state index >= 15 is 0 Å². The van der Waals surface area contributed by atoms with Crippen LogP contribution in [0, 0.1) is 0 Å². The third-order valence-corrected chi connectivity index (χ3v) is 6.08. The first kappa shape index (κ1) is 25.1. The molecule has 1 atom stereocenters. The van der Waals surface area contributed by atoms with Crippen molar-refractivity contribution in [3.05, 3.63) is 105 Å². The van der Waals surface area contributed by atoms with Crippen molar-refractivity contribution in [2.75, 3.05) is 6.54 Å². The maximum atomic E-state index is 13.6. The minimum Gasteiger partial charge on any atom is -0.355 e. The maximum absolute atomic E-state index is 13.6. The molecule has 0 aliphatic heterocycles. The number of nitrogens with one attached hydrogen (secondary N) is 1. The predicted octanol–water partition coefficient (Wildman–Crippen LogP) is 5.97. The Bertz CT molecular complexity index is 1090. The van der Waals surface area contributed by atoms with Gasteiger partial charge in [0.25, 0.3) is 0 Å². The normalized spacial score (nSPS) is 11.6. The number of halogens is 3. The van der Waals surface area contributed by atoms with Crippen molar-refractivity contribution in [1.29, 1.82) is 0 Å². The quantitative estimate of drug-likeness (QED) is 0.391. The topological polar surface area (TPSA) is 49.4 Å². The highest BCUT2D eigenvalue weighted by Crippen LogP contribution is 2.23. The summed E-state index contributed by atoms with van der Waals surface area (Å²) in [5, 5.41) is 4.40. The number of carbonyl (C=O) groups is 2. The Labute approximate surface area is 209 Å². The SMILES string of the molecule is CCNC(=O)[C@@H](Cc1ccccc1)N(Cc1ccc(Cl)cc1)C(=O)Cc1ccc(Cl)cc1Cl. The summed E-state index contributed by atoms with van der Waals surface area (Å²) in [6.07, 6.45) is 0.439. The fourth-order valence-electron chi connectivity index (χ4n) is 3.56. The zero-order chi connectivity index (χ0) is 23.8. The molecule has 3 aromatic carbocycles. The minimum absolute atomic E-state index is 0.0499. The zero-order valence-corrected chi connectivity index (χ0v) is 20.5. The highest BCUT2D eigenvalue weighted by molar-refractivity contribution is 6.35. The van der Waals surface area contributed by atoms with Crippen LogP contribution in [0.4, 0.5) is 0 Å². The van der Waals surface area contributed by atoms with E-state index in [1.807, 2.05) is 49.4 Å². The van der Waals surface area contributed by atoms with Gasteiger partial charge in [0.15, 0.2) is 0 Å². The van der Waals surface area contributed by atoms with Crippen LogP contribution >= 0.6 is 34.8 Å². The number of hydrogen-bond donors (Lipinski definition) is 1. The molecular formula is C26H25Cl3N2O2. The molecule has 0 spiro atoms. The van der Waals surface area contributed by atoms with E-state index in [1.165, 1.54) is 0 Å². The van der Waals surface area contributed by atoms with Gasteiger partial charge >= 0.3 is 0 Å². The van der Waals surface area contributed by atoms with Crippen LogP contribution in [0.15, 0.2) is 72.8 Å². The second-order valence-corrected chi connectivity index (χ2v) is 8.94. The number of nitrogens with zero attached hydrogens (tertiary/aromatic N) is 1. The van der Waals surface area contributed by atoms with Crippen molar-refractivity contribution in [3.63, 3.8) is 0 Å². The summed E-state index contributed by atoms with van der Waals surface area (Å²) in [5.74, 6) is -0.410. The highest BCUT2D eigenvalue weighted by Gasteiger charge is 2.30. The molecule has 0 unspecified atom stereocenters. The molecule has 3 aromatic rings. The molecule has 33 heavy (non-hydrogen) atoms. The van der Waals surface area contributed by atoms with Gasteiger partial charge in [0.2, 0.25) is 11.8 Å². The average molecular weight is 504 g/mol. The molecule has 0 heterocycles. The second-order valence-electron chi connectivity index (χ2n) is 7.66. The molecule has 0 aromatic heterocycles. The Hall–Kier alpha value is -2.53. The van der Waals surface area contributed by atoms with Gasteiger partial charge in [-0.15, -0.1) is 0 Å². The monoisotopic (exact) mass is 502 g/mol. The lowest BCUT2D eigenvalue weighted by Gasteiger charge is -2.31. The van der Waals surface area contributed by atoms with E-state index in [1.54, 1.807) is 35.2 Å². The van der Waals surface area contributed by atoms with Gasteiger partial charge in [-0.25, -0.2) is 0 Å². The summed E-state index contributed by atoms with van der Waals surface area (Å²) in [7, 11) is 0. The van der Waals surface area contributed by atoms with E-state index in [9.17, 15) is 9.59 Å². The van der Waals surface area contributed by atoms with Crippen molar-refractivity contribution >= 4 is 46.6 Å². The van der Waals surface area contributed by atoms with E-state index < -0.39 is 6.04 Å². The lowest BCUT2D eigenvalue weighted by molar-refractivity contribution is -0.140. The average Bonchev–Trinajstić information content (AvgIpc) is 2.80. The first-order valence-electron chi connectivity index (χ1n) is 10.7. The fraction of sp³-hybridized carbons (Fsp3) is 0.231. The summed E-state index contributed by atoms with van der Waals surface area (Å²) < 4.78 is 0. The first-order valence-corrected chi connectivity index (χ1v) is 11.8. The Kier molecular flexibility index (Phi) is 9.19. The Morgan fingerprint density at radius 1 is 0.879 bits per heavy atom. The Balaban J connectivity index is 1.96. The molecule has 2 amide bonds. The standard InChI is InChI=1S/C26H25Cl3N2O2/c1-2-30-26(33)24(14-18-6-4-3-5-7-18)31(17-19-8-11-21(27)12-9-19)25(32)15-20-10-13-22(28)16-23(20)29/h3-13,16,24H,2,14-15,17H2,1H3,(H,30,33)/t24-/m1/s1. The zero-order valence-electron chi connectivity index (χ0n) is 18.2. The molecule has 172 valence electrons. The molecule has 0 aliphatic rings. The van der Waals surface area contributed by atoms with Crippen LogP contribution in [0.5, 0.6) is 0 Å². The third-order valence-electron chi connectivity index (χ3n) is 5.25. The van der Waals surface area contributed by atoms with Crippen LogP contribution in [0.25, 0.3) is 0 Å². The van der Waals surface area contributed by atoms with Gasteiger partial charge in [0, 0.05) is 34.6 Å². The van der Waals surface area contributed by atoms with Crippen molar-refractivity contribution in [3.8, 4) is 0 Å². The molecule has 0 radical (unpaired) electrons. The molecular weight excluding hydrogens is 479 g/mol. The molecule has 1 N–H and O–H groups in total. The van der Waals surface area contributed by atoms with Crippen molar-refractivity contribution in [2.24, 2.45) is 0 Å². The largest absolute Gasteiger partial charge is 0.355 e. The molecule has 0 aliphatic carbocycles. The third kappa shape index (κ3) is 7.23. The molecule has 7 heteroatoms. The van der Waals surface area contributed by atoms with Gasteiger partial charge < -0.3 is 10.2 Å². The highest BCUT2D eigenvalue weighted by atomic mass is 35.5. The number of likely N-dealkylation sites (N-methyl/N-ethyl adjacent to an activating group) is 1. The van der Waals surface area contributed by atoms with Crippen molar-refractivity contribution in [1.82, 2.24) is 10.2 Å². The fourth-order valence-corrected chi connectivity index (χ4v) is 4.16. The van der Waals surface area contributed by atoms with E-state index in [2.05, 4.69) is 5.32 Å². The van der Waals surface area contributed by atoms with Crippen LogP contribution in [0.3, 0.4) is 0 Å². The lowest BCUT2D eigenvalue weighted by atomic mass is 10.0. The summed E-state index contributed by atoms with van der Waals surface area (Å²) in [4.78, 5) is 28.3. The van der Waals surface area contributed by atoms with E-state index in [0.29, 0.717) is 33.6 Å². The molecule has 4 nitrogen and oxygen atoms in total. The van der Waals surface area contributed by atoms with Gasteiger partial charge in [-0.05, 0) is 47.9 Å². The number of amides is 2. The van der Waals surface area contributed by atoms with Gasteiger partial charge in [-0.3, -0.25) is 9.59 Å². The predicted molar refractivity (Wildman–Crippen MR) is 135 cm³/mol. The van der Waals surface area contributed by atoms with E-state index in [0.717, 1.165) is 11.1 Å². The Morgan fingerprint density at radius 3 is 2.18 bits per heavy atom. The van der Waals surface area contributed by atoms with Gasteiger partial charge in [0.05, 0.1) is 6.42 Å². The number of hydrogen-bond acceptors (Lipinski definition) is 2. The first-order chi connectivity index (χ1) is 15.9.